The summed E-state index contributed by atoms with van der Waals surface area (Å²) in [5.41, 5.74) is 1.34. The molecular formula is C27H32N4O2S. The summed E-state index contributed by atoms with van der Waals surface area (Å²) in [6.07, 6.45) is 4.49. The molecule has 0 bridgehead atoms. The number of rotatable bonds is 12. The molecule has 0 radical (unpaired) electrons. The number of anilines is 1. The van der Waals surface area contributed by atoms with Crippen molar-refractivity contribution in [2.24, 2.45) is 5.92 Å². The van der Waals surface area contributed by atoms with Crippen LogP contribution >= 0.6 is 11.8 Å². The summed E-state index contributed by atoms with van der Waals surface area (Å²) < 4.78 is 1.72. The van der Waals surface area contributed by atoms with E-state index in [2.05, 4.69) is 19.9 Å². The second kappa shape index (κ2) is 13.0. The number of nitrogens with zero attached hydrogens (tertiary/aromatic N) is 4. The highest BCUT2D eigenvalue weighted by atomic mass is 32.2. The van der Waals surface area contributed by atoms with Gasteiger partial charge in [-0.3, -0.25) is 14.2 Å². The van der Waals surface area contributed by atoms with Crippen molar-refractivity contribution in [2.75, 3.05) is 17.2 Å². The van der Waals surface area contributed by atoms with Crippen molar-refractivity contribution < 1.29 is 4.79 Å². The predicted octanol–water partition coefficient (Wildman–Crippen LogP) is 5.65. The first-order valence-corrected chi connectivity index (χ1v) is 12.9. The maximum atomic E-state index is 13.3. The van der Waals surface area contributed by atoms with Crippen molar-refractivity contribution in [1.29, 1.82) is 5.26 Å². The van der Waals surface area contributed by atoms with Crippen LogP contribution in [0.3, 0.4) is 0 Å². The second-order valence-corrected chi connectivity index (χ2v) is 9.40. The lowest BCUT2D eigenvalue weighted by molar-refractivity contribution is -0.116. The number of aromatic nitrogens is 2. The number of hydrogen-bond acceptors (Lipinski definition) is 5. The van der Waals surface area contributed by atoms with Gasteiger partial charge in [0, 0.05) is 18.8 Å². The molecule has 0 spiro atoms. The van der Waals surface area contributed by atoms with Gasteiger partial charge < -0.3 is 4.90 Å². The summed E-state index contributed by atoms with van der Waals surface area (Å²) in [6, 6.07) is 18.8. The van der Waals surface area contributed by atoms with Crippen molar-refractivity contribution in [3.8, 4) is 6.07 Å². The Hall–Kier alpha value is -3.11. The fourth-order valence-electron chi connectivity index (χ4n) is 3.79. The van der Waals surface area contributed by atoms with E-state index < -0.39 is 0 Å². The van der Waals surface area contributed by atoms with Gasteiger partial charge in [0.1, 0.15) is 0 Å². The predicted molar refractivity (Wildman–Crippen MR) is 139 cm³/mol. The van der Waals surface area contributed by atoms with E-state index >= 15 is 0 Å². The minimum atomic E-state index is -0.114. The van der Waals surface area contributed by atoms with E-state index in [0.29, 0.717) is 35.1 Å². The van der Waals surface area contributed by atoms with E-state index in [1.54, 1.807) is 15.5 Å². The van der Waals surface area contributed by atoms with E-state index in [1.165, 1.54) is 11.8 Å². The van der Waals surface area contributed by atoms with Gasteiger partial charge in [-0.05, 0) is 36.6 Å². The molecule has 6 nitrogen and oxygen atoms in total. The molecule has 0 saturated carbocycles. The summed E-state index contributed by atoms with van der Waals surface area (Å²) >= 11 is 1.29. The molecule has 1 unspecified atom stereocenters. The average Bonchev–Trinajstić information content (AvgIpc) is 2.87. The molecule has 0 aliphatic rings. The van der Waals surface area contributed by atoms with Gasteiger partial charge in [0.05, 0.1) is 29.1 Å². The van der Waals surface area contributed by atoms with Gasteiger partial charge in [-0.2, -0.15) is 5.26 Å². The Bertz CT molecular complexity index is 1190. The lowest BCUT2D eigenvalue weighted by Gasteiger charge is -2.22. The Morgan fingerprint density at radius 3 is 2.62 bits per heavy atom. The van der Waals surface area contributed by atoms with Crippen LogP contribution in [0.25, 0.3) is 10.9 Å². The number of amides is 1. The lowest BCUT2D eigenvalue weighted by atomic mass is 10.0. The molecule has 0 aliphatic heterocycles. The number of nitriles is 1. The van der Waals surface area contributed by atoms with Gasteiger partial charge in [0.2, 0.25) is 5.91 Å². The third-order valence-electron chi connectivity index (χ3n) is 5.99. The van der Waals surface area contributed by atoms with Crippen molar-refractivity contribution in [3.63, 3.8) is 0 Å². The number of unbranched alkanes of at least 4 members (excludes halogenated alkanes) is 1. The van der Waals surface area contributed by atoms with Crippen LogP contribution in [0, 0.1) is 17.2 Å². The molecule has 1 heterocycles. The normalized spacial score (nSPS) is 11.8. The fourth-order valence-corrected chi connectivity index (χ4v) is 4.69. The van der Waals surface area contributed by atoms with Gasteiger partial charge in [0.15, 0.2) is 5.16 Å². The smallest absolute Gasteiger partial charge is 0.262 e. The van der Waals surface area contributed by atoms with Crippen LogP contribution in [0.1, 0.15) is 46.0 Å². The highest BCUT2D eigenvalue weighted by molar-refractivity contribution is 7.99. The quantitative estimate of drug-likeness (QED) is 0.192. The minimum Gasteiger partial charge on any atom is -0.311 e. The van der Waals surface area contributed by atoms with Gasteiger partial charge in [-0.15, -0.1) is 0 Å². The monoisotopic (exact) mass is 476 g/mol. The highest BCUT2D eigenvalue weighted by Gasteiger charge is 2.18. The van der Waals surface area contributed by atoms with Crippen molar-refractivity contribution in [1.82, 2.24) is 9.55 Å². The standard InChI is InChI=1S/C27H32N4O2S/c1-3-21(2)12-9-10-18-31-26(33)23-15-7-8-16-24(23)29-27(31)34-20-25(32)30(19-11-17-28)22-13-5-4-6-14-22/h4-8,13-16,21H,3,9-12,18-20H2,1-2H3. The van der Waals surface area contributed by atoms with Crippen LogP contribution in [0.4, 0.5) is 5.69 Å². The number of thioether (sulfide) groups is 1. The zero-order valence-electron chi connectivity index (χ0n) is 19.9. The molecule has 1 atom stereocenters. The summed E-state index contributed by atoms with van der Waals surface area (Å²) in [7, 11) is 0. The van der Waals surface area contributed by atoms with Crippen LogP contribution in [0.15, 0.2) is 64.5 Å². The molecule has 0 aliphatic carbocycles. The molecule has 0 fully saturated rings. The number of fused-ring (bicyclic) bond motifs is 1. The molecule has 178 valence electrons. The third kappa shape index (κ3) is 6.71. The fraction of sp³-hybridized carbons (Fsp3) is 0.407. The molecule has 2 aromatic carbocycles. The zero-order valence-corrected chi connectivity index (χ0v) is 20.8. The van der Waals surface area contributed by atoms with Crippen LogP contribution in [0.5, 0.6) is 0 Å². The maximum absolute atomic E-state index is 13.3. The first kappa shape index (κ1) is 25.5. The Balaban J connectivity index is 1.81. The Morgan fingerprint density at radius 1 is 1.15 bits per heavy atom. The number of carbonyl (C=O) groups excluding carboxylic acids is 1. The molecule has 3 aromatic rings. The molecule has 7 heteroatoms. The lowest BCUT2D eigenvalue weighted by Crippen LogP contribution is -2.33. The third-order valence-corrected chi connectivity index (χ3v) is 6.95. The maximum Gasteiger partial charge on any atom is 0.262 e. The van der Waals surface area contributed by atoms with E-state index in [1.807, 2.05) is 48.5 Å². The molecule has 34 heavy (non-hydrogen) atoms. The molecule has 0 N–H and O–H groups in total. The summed E-state index contributed by atoms with van der Waals surface area (Å²) in [5, 5.41) is 10.2. The molecule has 1 amide bonds. The van der Waals surface area contributed by atoms with Crippen molar-refractivity contribution in [2.45, 2.75) is 57.7 Å². The summed E-state index contributed by atoms with van der Waals surface area (Å²) in [6.45, 7) is 5.36. The Kier molecular flexibility index (Phi) is 9.72. The first-order valence-electron chi connectivity index (χ1n) is 11.9. The Labute approximate surface area is 205 Å². The van der Waals surface area contributed by atoms with Crippen LogP contribution in [-0.4, -0.2) is 27.8 Å². The second-order valence-electron chi connectivity index (χ2n) is 8.46. The molecule has 0 saturated heterocycles. The van der Waals surface area contributed by atoms with E-state index in [0.717, 1.165) is 31.4 Å². The molecule has 3 rings (SSSR count). The number of para-hydroxylation sites is 2. The highest BCUT2D eigenvalue weighted by Crippen LogP contribution is 2.22. The van der Waals surface area contributed by atoms with Crippen molar-refractivity contribution in [3.05, 3.63) is 65.0 Å². The summed E-state index contributed by atoms with van der Waals surface area (Å²) in [5.74, 6) is 0.699. The van der Waals surface area contributed by atoms with Gasteiger partial charge in [-0.1, -0.05) is 75.2 Å². The molecule has 1 aromatic heterocycles. The minimum absolute atomic E-state index is 0.0616. The summed E-state index contributed by atoms with van der Waals surface area (Å²) in [4.78, 5) is 32.8. The van der Waals surface area contributed by atoms with Crippen LogP contribution in [-0.2, 0) is 11.3 Å². The Morgan fingerprint density at radius 2 is 1.88 bits per heavy atom. The van der Waals surface area contributed by atoms with E-state index in [4.69, 9.17) is 10.2 Å². The number of benzene rings is 2. The number of carbonyl (C=O) groups is 1. The first-order chi connectivity index (χ1) is 16.5. The topological polar surface area (TPSA) is 79.0 Å². The molecular weight excluding hydrogens is 444 g/mol. The van der Waals surface area contributed by atoms with Crippen LogP contribution < -0.4 is 10.5 Å². The average molecular weight is 477 g/mol. The van der Waals surface area contributed by atoms with Crippen molar-refractivity contribution >= 4 is 34.3 Å². The van der Waals surface area contributed by atoms with Gasteiger partial charge in [0.25, 0.3) is 5.56 Å². The van der Waals surface area contributed by atoms with Gasteiger partial charge >= 0.3 is 0 Å². The van der Waals surface area contributed by atoms with E-state index in [9.17, 15) is 9.59 Å². The number of hydrogen-bond donors (Lipinski definition) is 0. The van der Waals surface area contributed by atoms with Gasteiger partial charge in [-0.25, -0.2) is 4.98 Å². The largest absolute Gasteiger partial charge is 0.311 e. The van der Waals surface area contributed by atoms with E-state index in [-0.39, 0.29) is 23.6 Å². The zero-order chi connectivity index (χ0) is 24.3. The SMILES string of the molecule is CCC(C)CCCCn1c(SCC(=O)N(CCC#N)c2ccccc2)nc2ccccc2c1=O. The van der Waals surface area contributed by atoms with Crippen LogP contribution in [0.2, 0.25) is 0 Å².